The zero-order chi connectivity index (χ0) is 60.1. The maximum absolute atomic E-state index is 14.4. The second-order valence-electron chi connectivity index (χ2n) is 26.6. The van der Waals surface area contributed by atoms with E-state index in [0.717, 1.165) is 24.2 Å². The highest BCUT2D eigenvalue weighted by Crippen LogP contribution is 2.33. The topological polar surface area (TPSA) is 168 Å². The highest BCUT2D eigenvalue weighted by atomic mass is 28.3. The predicted molar refractivity (Wildman–Crippen MR) is 348 cm³/mol. The van der Waals surface area contributed by atoms with Gasteiger partial charge in [0.25, 0.3) is 0 Å². The molecule has 16 heteroatoms. The number of aromatic nitrogens is 4. The van der Waals surface area contributed by atoms with Gasteiger partial charge in [0.1, 0.15) is 0 Å². The van der Waals surface area contributed by atoms with E-state index in [4.69, 9.17) is 18.9 Å². The summed E-state index contributed by atoms with van der Waals surface area (Å²) >= 11 is 0. The lowest BCUT2D eigenvalue weighted by atomic mass is 9.97. The Balaban J connectivity index is 1.37. The Labute approximate surface area is 497 Å². The first kappa shape index (κ1) is 60.8. The van der Waals surface area contributed by atoms with Gasteiger partial charge in [-0.2, -0.15) is 0 Å². The van der Waals surface area contributed by atoms with Crippen molar-refractivity contribution in [1.82, 2.24) is 19.9 Å². The van der Waals surface area contributed by atoms with Gasteiger partial charge in [0.15, 0.2) is 0 Å². The van der Waals surface area contributed by atoms with Crippen LogP contribution in [0.2, 0.25) is 103 Å². The van der Waals surface area contributed by atoms with Gasteiger partial charge in [0.05, 0.1) is 48.7 Å². The Morgan fingerprint density at radius 2 is 0.488 bits per heavy atom. The van der Waals surface area contributed by atoms with E-state index in [2.05, 4.69) is 98.5 Å². The average molecular weight is 1190 g/mol. The maximum Gasteiger partial charge on any atom is 0.338 e. The number of ether oxygens (including phenoxy) is 4. The van der Waals surface area contributed by atoms with Gasteiger partial charge in [0, 0.05) is 121 Å². The highest BCUT2D eigenvalue weighted by molar-refractivity contribution is 6.77. The standard InChI is InChI=1S/C68H80N4O8Si4/c1-81(2,3)41-37-77-65(73)49-25-17-13-21-45(49)61-53-29-31-55(69-53)62(46-22-14-18-26-50(46)66(74)78-38-42-82(4,5)6)57-33-35-59(71-57)64(48-24-16-20-28-52(48)68(76)80-40-44-84(10,11)12)60-36-34-58(72-60)63(56-32-30-54(61)70-56)47-23-15-19-27-51(47)67(75)79-39-43-83(7,8)9/h13-36,69-72H,37-44H2,1-12H3. The van der Waals surface area contributed by atoms with Gasteiger partial charge >= 0.3 is 23.9 Å². The largest absolute Gasteiger partial charge is 0.462 e. The molecular formula is C68H80N4O8Si4. The van der Waals surface area contributed by atoms with Crippen LogP contribution < -0.4 is 21.4 Å². The van der Waals surface area contributed by atoms with E-state index < -0.39 is 56.2 Å². The molecule has 12 nitrogen and oxygen atoms in total. The molecule has 0 spiro atoms. The van der Waals surface area contributed by atoms with Crippen molar-refractivity contribution in [2.24, 2.45) is 0 Å². The number of esters is 4. The van der Waals surface area contributed by atoms with Gasteiger partial charge < -0.3 is 38.9 Å². The van der Waals surface area contributed by atoms with Crippen LogP contribution in [0.3, 0.4) is 0 Å². The summed E-state index contributed by atoms with van der Waals surface area (Å²) in [4.78, 5) is 72.9. The van der Waals surface area contributed by atoms with Crippen LogP contribution >= 0.6 is 0 Å². The molecule has 0 saturated heterocycles. The number of nitrogens with one attached hydrogen (secondary N) is 4. The minimum Gasteiger partial charge on any atom is -0.462 e. The molecule has 0 amide bonds. The molecule has 0 fully saturated rings. The van der Waals surface area contributed by atoms with Crippen molar-refractivity contribution < 1.29 is 38.1 Å². The van der Waals surface area contributed by atoms with E-state index in [0.29, 0.717) is 137 Å². The minimum atomic E-state index is -1.55. The molecule has 8 bridgehead atoms. The molecule has 4 aromatic heterocycles. The van der Waals surface area contributed by atoms with E-state index >= 15 is 0 Å². The molecule has 1 aliphatic rings. The van der Waals surface area contributed by atoms with Gasteiger partial charge in [-0.25, -0.2) is 19.2 Å². The van der Waals surface area contributed by atoms with Gasteiger partial charge in [0.2, 0.25) is 0 Å². The molecule has 0 unspecified atom stereocenters. The summed E-state index contributed by atoms with van der Waals surface area (Å²) in [5, 5.41) is 2.65. The van der Waals surface area contributed by atoms with Gasteiger partial charge in [-0.05, 0) is 97.0 Å². The van der Waals surface area contributed by atoms with Crippen molar-refractivity contribution in [2.75, 3.05) is 26.4 Å². The number of aromatic amines is 4. The summed E-state index contributed by atoms with van der Waals surface area (Å²) in [6.45, 7) is 28.3. The fourth-order valence-electron chi connectivity index (χ4n) is 10.1. The van der Waals surface area contributed by atoms with Crippen molar-refractivity contribution in [3.63, 3.8) is 0 Å². The van der Waals surface area contributed by atoms with Crippen LogP contribution in [-0.2, 0) is 18.9 Å². The Morgan fingerprint density at radius 3 is 0.690 bits per heavy atom. The van der Waals surface area contributed by atoms with Crippen molar-refractivity contribution in [3.05, 3.63) is 234 Å². The van der Waals surface area contributed by atoms with E-state index in [1.54, 1.807) is 24.3 Å². The summed E-state index contributed by atoms with van der Waals surface area (Å²) in [5.41, 5.74) is 9.43. The zero-order valence-electron chi connectivity index (χ0n) is 50.8. The summed E-state index contributed by atoms with van der Waals surface area (Å²) in [6, 6.07) is 49.1. The molecule has 4 aromatic carbocycles. The van der Waals surface area contributed by atoms with E-state index in [1.807, 2.05) is 121 Å². The van der Waals surface area contributed by atoms with E-state index in [-0.39, 0.29) is 0 Å². The van der Waals surface area contributed by atoms with E-state index in [1.165, 1.54) is 0 Å². The molecule has 0 aliphatic carbocycles. The molecule has 0 saturated carbocycles. The number of H-pyrrole nitrogens is 4. The first-order chi connectivity index (χ1) is 39.8. The van der Waals surface area contributed by atoms with Crippen LogP contribution in [0.4, 0.5) is 0 Å². The van der Waals surface area contributed by atoms with Gasteiger partial charge in [-0.15, -0.1) is 0 Å². The third-order valence-electron chi connectivity index (χ3n) is 14.9. The molecule has 9 rings (SSSR count). The van der Waals surface area contributed by atoms with Crippen molar-refractivity contribution >= 4 is 78.5 Å². The first-order valence-electron chi connectivity index (χ1n) is 29.2. The fourth-order valence-corrected chi connectivity index (χ4v) is 13.0. The molecule has 0 radical (unpaired) electrons. The number of fused-ring (bicyclic) bond motifs is 8. The monoisotopic (exact) mass is 1190 g/mol. The third-order valence-corrected chi connectivity index (χ3v) is 21.7. The Hall–Kier alpha value is -7.77. The van der Waals surface area contributed by atoms with Crippen LogP contribution in [0.25, 0.3) is 22.3 Å². The molecule has 8 aromatic rings. The average Bonchev–Trinajstić information content (AvgIpc) is 2.48. The Morgan fingerprint density at radius 1 is 0.286 bits per heavy atom. The van der Waals surface area contributed by atoms with Crippen molar-refractivity contribution in [1.29, 1.82) is 0 Å². The van der Waals surface area contributed by atoms with Crippen LogP contribution in [-0.4, -0.2) is 103 Å². The number of rotatable bonds is 20. The van der Waals surface area contributed by atoms with Crippen molar-refractivity contribution in [2.45, 2.75) is 103 Å². The second kappa shape index (κ2) is 25.2. The third kappa shape index (κ3) is 14.8. The molecule has 5 heterocycles. The Bertz CT molecular complexity index is 3520. The molecule has 84 heavy (non-hydrogen) atoms. The van der Waals surface area contributed by atoms with Crippen LogP contribution in [0.1, 0.15) is 86.5 Å². The van der Waals surface area contributed by atoms with Crippen LogP contribution in [0, 0.1) is 0 Å². The maximum atomic E-state index is 14.4. The second-order valence-corrected chi connectivity index (χ2v) is 49.1. The number of benzene rings is 4. The summed E-state index contributed by atoms with van der Waals surface area (Å²) in [6.07, 6.45) is 0. The first-order valence-corrected chi connectivity index (χ1v) is 44.0. The summed E-state index contributed by atoms with van der Waals surface area (Å²) in [5.74, 6) is -1.74. The molecule has 4 N–H and O–H groups in total. The number of carbonyl (C=O) groups is 4. The SMILES string of the molecule is C[Si](C)(C)CCOC(=O)c1ccccc1C1=c2ccc([nH]2)=C(c2ccccc2C(=O)OCC[Si](C)(C)C)c2ccc([nH]2)C(c2ccccc2C(=O)OCC[Si](C)(C)C)=c2ccc([nH]2)=C(c2ccccc2C(=O)OCC[Si](C)(C)C)c2ccc1[nH]2. The molecule has 1 aliphatic heterocycles. The zero-order valence-corrected chi connectivity index (χ0v) is 54.8. The smallest absolute Gasteiger partial charge is 0.338 e. The Kier molecular flexibility index (Phi) is 18.2. The van der Waals surface area contributed by atoms with Gasteiger partial charge in [-0.1, -0.05) is 151 Å². The quantitative estimate of drug-likeness (QED) is 0.0332. The lowest BCUT2D eigenvalue weighted by Crippen LogP contribution is -2.24. The fraction of sp³-hybridized carbons (Fsp3) is 0.294. The van der Waals surface area contributed by atoms with Gasteiger partial charge in [-0.3, -0.25) is 0 Å². The lowest BCUT2D eigenvalue weighted by molar-refractivity contribution is 0.0515. The van der Waals surface area contributed by atoms with Crippen molar-refractivity contribution in [3.8, 4) is 0 Å². The summed E-state index contributed by atoms with van der Waals surface area (Å²) in [7, 11) is -6.20. The van der Waals surface area contributed by atoms with E-state index in [9.17, 15) is 19.2 Å². The minimum absolute atomic E-state index is 0.304. The predicted octanol–water partition coefficient (Wildman–Crippen LogP) is 12.3. The number of hydrogen-bond donors (Lipinski definition) is 4. The molecule has 0 atom stereocenters. The number of hydrogen-bond acceptors (Lipinski definition) is 8. The summed E-state index contributed by atoms with van der Waals surface area (Å²) < 4.78 is 24.3. The molecular weight excluding hydrogens is 1110 g/mol. The number of carbonyl (C=O) groups excluding carboxylic acids is 4. The lowest BCUT2D eigenvalue weighted by Gasteiger charge is -2.17. The normalized spacial score (nSPS) is 13.0. The highest BCUT2D eigenvalue weighted by Gasteiger charge is 2.28. The van der Waals surface area contributed by atoms with Crippen LogP contribution in [0.15, 0.2) is 146 Å². The molecule has 436 valence electrons. The van der Waals surface area contributed by atoms with Crippen LogP contribution in [0.5, 0.6) is 0 Å².